The van der Waals surface area contributed by atoms with Gasteiger partial charge in [0.05, 0.1) is 130 Å². The summed E-state index contributed by atoms with van der Waals surface area (Å²) < 4.78 is 76.1. The zero-order valence-corrected chi connectivity index (χ0v) is 40.3. The molecule has 2 N–H and O–H groups in total. The highest BCUT2D eigenvalue weighted by molar-refractivity contribution is 9.10. The largest absolute Gasteiger partial charge is 0.378 e. The molecule has 9 heterocycles. The first-order chi connectivity index (χ1) is 34.6. The molecule has 3 aliphatic rings. The van der Waals surface area contributed by atoms with Crippen LogP contribution in [0.4, 0.5) is 46.0 Å². The summed E-state index contributed by atoms with van der Waals surface area (Å²) >= 11 is 3.48. The van der Waals surface area contributed by atoms with Gasteiger partial charge in [-0.25, -0.2) is 27.5 Å². The topological polar surface area (TPSA) is 132 Å². The first-order valence-corrected chi connectivity index (χ1v) is 23.9. The van der Waals surface area contributed by atoms with E-state index in [1.54, 1.807) is 24.7 Å². The Morgan fingerprint density at radius 3 is 1.55 bits per heavy atom. The first-order valence-electron chi connectivity index (χ1n) is 23.1. The maximum absolute atomic E-state index is 15.3. The standard InChI is InChI=1S/C29H27F2N5O2.C25H19BrF2N4O/c1-18-27(23-4-2-3-7-32-23)34-24-15-20(30)14-22(31)26(24)28(18)35-25-16-21(36-8-12-38-13-9-36)17-33-29(25)19-5-10-37-11-6-19;1-14-23(19-4-2-3-7-29-19)31-20-12-17(27)11-18(28)22(20)24(14)32-21-10-16(26)13-30-25(21)15-5-8-33-9-6-15/h2-5,7,14-17H,6,8-13H2,1H3,(H,34,35);2-5,7,10-13H,6,8-9H2,1H3,(H,31,32). The van der Waals surface area contributed by atoms with E-state index < -0.39 is 23.3 Å². The second-order valence-corrected chi connectivity index (χ2v) is 17.9. The number of benzene rings is 2. The minimum absolute atomic E-state index is 0.205. The van der Waals surface area contributed by atoms with Crippen LogP contribution in [0.5, 0.6) is 0 Å². The number of fused-ring (bicyclic) bond motifs is 2. The molecule has 1 fully saturated rings. The number of anilines is 5. The maximum Gasteiger partial charge on any atom is 0.137 e. The molecule has 17 heteroatoms. The molecule has 8 aromatic rings. The van der Waals surface area contributed by atoms with Crippen LogP contribution in [0, 0.1) is 37.1 Å². The minimum Gasteiger partial charge on any atom is -0.378 e. The van der Waals surface area contributed by atoms with Crippen LogP contribution in [-0.2, 0) is 14.2 Å². The Labute approximate surface area is 415 Å². The highest BCUT2D eigenvalue weighted by atomic mass is 79.9. The van der Waals surface area contributed by atoms with E-state index in [1.165, 1.54) is 12.1 Å². The molecule has 0 aliphatic carbocycles. The Bertz CT molecular complexity index is 3360. The van der Waals surface area contributed by atoms with Gasteiger partial charge in [0.2, 0.25) is 0 Å². The van der Waals surface area contributed by atoms with Gasteiger partial charge in [-0.3, -0.25) is 19.9 Å². The van der Waals surface area contributed by atoms with Crippen LogP contribution < -0.4 is 15.5 Å². The van der Waals surface area contributed by atoms with E-state index in [2.05, 4.69) is 56.4 Å². The molecule has 0 radical (unpaired) electrons. The molecule has 71 heavy (non-hydrogen) atoms. The summed E-state index contributed by atoms with van der Waals surface area (Å²) in [6, 6.07) is 19.2. The summed E-state index contributed by atoms with van der Waals surface area (Å²) in [5.41, 5.74) is 11.1. The molecule has 0 amide bonds. The SMILES string of the molecule is Cc1c(-c2ccccn2)nc2cc(F)cc(F)c2c1Nc1cc(Br)cnc1C1=CCOCC1.Cc1c(-c2ccccn2)nc2cc(F)cc(F)c2c1Nc1cc(N2CCOCC2)cnc1C1=CCOCC1. The van der Waals surface area contributed by atoms with E-state index in [0.29, 0.717) is 97.0 Å². The van der Waals surface area contributed by atoms with E-state index in [0.717, 1.165) is 70.0 Å². The zero-order chi connectivity index (χ0) is 49.0. The summed E-state index contributed by atoms with van der Waals surface area (Å²) in [6.45, 7) is 8.76. The van der Waals surface area contributed by atoms with Crippen LogP contribution in [0.2, 0.25) is 0 Å². The zero-order valence-electron chi connectivity index (χ0n) is 38.7. The van der Waals surface area contributed by atoms with Crippen LogP contribution in [0.15, 0.2) is 114 Å². The number of halogens is 5. The lowest BCUT2D eigenvalue weighted by Crippen LogP contribution is -2.36. The van der Waals surface area contributed by atoms with Crippen LogP contribution in [0.25, 0.3) is 55.7 Å². The molecule has 0 spiro atoms. The number of aromatic nitrogens is 6. The summed E-state index contributed by atoms with van der Waals surface area (Å²) in [5.74, 6) is -2.75. The Kier molecular flexibility index (Phi) is 14.1. The van der Waals surface area contributed by atoms with Gasteiger partial charge in [0.15, 0.2) is 0 Å². The molecule has 12 nitrogen and oxygen atoms in total. The molecule has 1 saturated heterocycles. The third-order valence-electron chi connectivity index (χ3n) is 12.5. The lowest BCUT2D eigenvalue weighted by molar-refractivity contribution is 0.122. The summed E-state index contributed by atoms with van der Waals surface area (Å²) in [4.78, 5) is 29.7. The van der Waals surface area contributed by atoms with Crippen LogP contribution in [0.3, 0.4) is 0 Å². The van der Waals surface area contributed by atoms with E-state index >= 15 is 8.78 Å². The van der Waals surface area contributed by atoms with Gasteiger partial charge >= 0.3 is 0 Å². The molecule has 360 valence electrons. The second-order valence-electron chi connectivity index (χ2n) is 17.0. The summed E-state index contributed by atoms with van der Waals surface area (Å²) in [5, 5.41) is 7.31. The highest BCUT2D eigenvalue weighted by Crippen LogP contribution is 2.41. The van der Waals surface area contributed by atoms with Crippen molar-refractivity contribution < 1.29 is 31.8 Å². The van der Waals surface area contributed by atoms with Crippen molar-refractivity contribution >= 4 is 77.3 Å². The monoisotopic (exact) mass is 1020 g/mol. The Hall–Kier alpha value is -7.18. The number of nitrogens with zero attached hydrogens (tertiary/aromatic N) is 7. The van der Waals surface area contributed by atoms with E-state index in [-0.39, 0.29) is 21.8 Å². The molecule has 0 atom stereocenters. The number of rotatable bonds is 9. The third kappa shape index (κ3) is 10.2. The molecule has 3 aliphatic heterocycles. The predicted molar refractivity (Wildman–Crippen MR) is 272 cm³/mol. The maximum atomic E-state index is 15.3. The average molecular weight is 1020 g/mol. The molecule has 6 aromatic heterocycles. The van der Waals surface area contributed by atoms with Crippen molar-refractivity contribution in [1.82, 2.24) is 29.9 Å². The van der Waals surface area contributed by atoms with Gasteiger partial charge in [-0.05, 0) is 90.2 Å². The number of ether oxygens (including phenoxy) is 3. The fraction of sp³-hybridized carbons (Fsp3) is 0.222. The fourth-order valence-corrected chi connectivity index (χ4v) is 9.30. The Balaban J connectivity index is 0.000000166. The Morgan fingerprint density at radius 2 is 1.07 bits per heavy atom. The van der Waals surface area contributed by atoms with Crippen molar-refractivity contribution in [1.29, 1.82) is 0 Å². The molecule has 0 saturated carbocycles. The smallest absolute Gasteiger partial charge is 0.137 e. The third-order valence-corrected chi connectivity index (χ3v) is 12.9. The van der Waals surface area contributed by atoms with Crippen molar-refractivity contribution in [2.75, 3.05) is 68.3 Å². The number of hydrogen-bond acceptors (Lipinski definition) is 12. The molecular weight excluding hydrogens is 979 g/mol. The summed E-state index contributed by atoms with van der Waals surface area (Å²) in [7, 11) is 0. The molecule has 2 aromatic carbocycles. The van der Waals surface area contributed by atoms with Gasteiger partial charge in [0.1, 0.15) is 23.3 Å². The van der Waals surface area contributed by atoms with Crippen molar-refractivity contribution in [2.24, 2.45) is 0 Å². The predicted octanol–water partition coefficient (Wildman–Crippen LogP) is 12.3. The van der Waals surface area contributed by atoms with Gasteiger partial charge in [0.25, 0.3) is 0 Å². The van der Waals surface area contributed by atoms with Gasteiger partial charge in [-0.15, -0.1) is 0 Å². The number of nitrogens with one attached hydrogen (secondary N) is 2. The van der Waals surface area contributed by atoms with Crippen molar-refractivity contribution in [3.63, 3.8) is 0 Å². The Morgan fingerprint density at radius 1 is 0.563 bits per heavy atom. The van der Waals surface area contributed by atoms with Gasteiger partial charge in [-0.1, -0.05) is 24.3 Å². The van der Waals surface area contributed by atoms with Gasteiger partial charge in [0, 0.05) is 71.5 Å². The summed E-state index contributed by atoms with van der Waals surface area (Å²) in [6.07, 6.45) is 12.4. The highest BCUT2D eigenvalue weighted by Gasteiger charge is 2.24. The normalized spacial score (nSPS) is 14.9. The van der Waals surface area contributed by atoms with Crippen LogP contribution in [0.1, 0.15) is 35.4 Å². The average Bonchev–Trinajstić information content (AvgIpc) is 3.39. The van der Waals surface area contributed by atoms with Crippen molar-refractivity contribution in [3.05, 3.63) is 160 Å². The van der Waals surface area contributed by atoms with E-state index in [9.17, 15) is 8.78 Å². The lowest BCUT2D eigenvalue weighted by Gasteiger charge is -2.29. The first kappa shape index (κ1) is 47.5. The van der Waals surface area contributed by atoms with E-state index in [4.69, 9.17) is 19.2 Å². The van der Waals surface area contributed by atoms with E-state index in [1.807, 2.05) is 74.7 Å². The quantitative estimate of drug-likeness (QED) is 0.133. The number of morpholine rings is 1. The van der Waals surface area contributed by atoms with Gasteiger partial charge < -0.3 is 29.7 Å². The molecule has 0 bridgehead atoms. The molecule has 11 rings (SSSR count). The van der Waals surface area contributed by atoms with Crippen LogP contribution in [-0.4, -0.2) is 82.6 Å². The lowest BCUT2D eigenvalue weighted by atomic mass is 10.0. The van der Waals surface area contributed by atoms with Crippen LogP contribution >= 0.6 is 15.9 Å². The minimum atomic E-state index is -0.689. The number of hydrogen-bond donors (Lipinski definition) is 2. The molecule has 0 unspecified atom stereocenters. The van der Waals surface area contributed by atoms with Crippen molar-refractivity contribution in [3.8, 4) is 22.8 Å². The van der Waals surface area contributed by atoms with Crippen molar-refractivity contribution in [2.45, 2.75) is 26.7 Å². The second kappa shape index (κ2) is 21.0. The van der Waals surface area contributed by atoms with Gasteiger partial charge in [-0.2, -0.15) is 0 Å². The number of pyridine rings is 6. The molecular formula is C54H46BrF4N9O3. The fourth-order valence-electron chi connectivity index (χ4n) is 8.97.